The van der Waals surface area contributed by atoms with Crippen LogP contribution in [0.5, 0.6) is 0 Å². The number of hydrogen-bond donors (Lipinski definition) is 1. The molecule has 0 spiro atoms. The summed E-state index contributed by atoms with van der Waals surface area (Å²) in [7, 11) is 0. The third kappa shape index (κ3) is 1.47. The number of rotatable bonds is 1. The van der Waals surface area contributed by atoms with Crippen LogP contribution in [0.15, 0.2) is 24.4 Å². The molecule has 0 unspecified atom stereocenters. The van der Waals surface area contributed by atoms with Gasteiger partial charge in [-0.1, -0.05) is 23.7 Å². The maximum Gasteiger partial charge on any atom is 0.0719 e. The summed E-state index contributed by atoms with van der Waals surface area (Å²) in [5.41, 5.74) is 8.54. The lowest BCUT2D eigenvalue weighted by Crippen LogP contribution is -1.98. The first-order valence-corrected chi connectivity index (χ1v) is 4.84. The highest BCUT2D eigenvalue weighted by Gasteiger charge is 2.04. The smallest absolute Gasteiger partial charge is 0.0719 e. The van der Waals surface area contributed by atoms with E-state index in [0.29, 0.717) is 6.54 Å². The predicted octanol–water partition coefficient (Wildman–Crippen LogP) is 2.66. The molecule has 1 aromatic carbocycles. The topological polar surface area (TPSA) is 38.9 Å². The van der Waals surface area contributed by atoms with E-state index in [9.17, 15) is 0 Å². The Labute approximate surface area is 87.7 Å². The average molecular weight is 207 g/mol. The summed E-state index contributed by atoms with van der Waals surface area (Å²) in [6.07, 6.45) is 1.74. The number of nitrogens with zero attached hydrogens (tertiary/aromatic N) is 1. The summed E-state index contributed by atoms with van der Waals surface area (Å²) in [4.78, 5) is 4.31. The summed E-state index contributed by atoms with van der Waals surface area (Å²) in [5.74, 6) is 0. The van der Waals surface area contributed by atoms with Crippen LogP contribution in [-0.2, 0) is 6.54 Å². The summed E-state index contributed by atoms with van der Waals surface area (Å²) >= 11 is 6.17. The number of hydrogen-bond acceptors (Lipinski definition) is 2. The number of aryl methyl sites for hydroxylation is 1. The van der Waals surface area contributed by atoms with Crippen LogP contribution in [0, 0.1) is 6.92 Å². The van der Waals surface area contributed by atoms with E-state index in [4.69, 9.17) is 17.3 Å². The van der Waals surface area contributed by atoms with Crippen molar-refractivity contribution < 1.29 is 0 Å². The minimum Gasteiger partial charge on any atom is -0.326 e. The highest BCUT2D eigenvalue weighted by molar-refractivity contribution is 6.36. The van der Waals surface area contributed by atoms with E-state index in [2.05, 4.69) is 4.98 Å². The molecular weight excluding hydrogens is 196 g/mol. The Morgan fingerprint density at radius 1 is 1.43 bits per heavy atom. The third-order valence-corrected chi connectivity index (χ3v) is 2.70. The van der Waals surface area contributed by atoms with Gasteiger partial charge in [0, 0.05) is 23.7 Å². The molecule has 14 heavy (non-hydrogen) atoms. The summed E-state index contributed by atoms with van der Waals surface area (Å²) < 4.78 is 0. The monoisotopic (exact) mass is 206 g/mol. The maximum atomic E-state index is 6.17. The van der Waals surface area contributed by atoms with E-state index in [1.165, 1.54) is 5.56 Å². The minimum absolute atomic E-state index is 0.426. The standard InChI is InChI=1S/C11H11ClN2/c1-7-2-3-9-10(4-7)14-6-8(5-13)11(9)12/h2-4,6H,5,13H2,1H3. The van der Waals surface area contributed by atoms with Crippen LogP contribution in [0.1, 0.15) is 11.1 Å². The van der Waals surface area contributed by atoms with Gasteiger partial charge in [0.15, 0.2) is 0 Å². The Morgan fingerprint density at radius 3 is 2.93 bits per heavy atom. The van der Waals surface area contributed by atoms with E-state index in [1.807, 2.05) is 25.1 Å². The van der Waals surface area contributed by atoms with Gasteiger partial charge in [-0.2, -0.15) is 0 Å². The lowest BCUT2D eigenvalue weighted by molar-refractivity contribution is 1.06. The number of nitrogens with two attached hydrogens (primary N) is 1. The quantitative estimate of drug-likeness (QED) is 0.779. The molecule has 0 fully saturated rings. The van der Waals surface area contributed by atoms with Gasteiger partial charge >= 0.3 is 0 Å². The van der Waals surface area contributed by atoms with Crippen LogP contribution in [0.3, 0.4) is 0 Å². The molecule has 0 saturated heterocycles. The van der Waals surface area contributed by atoms with E-state index in [1.54, 1.807) is 6.20 Å². The van der Waals surface area contributed by atoms with Gasteiger partial charge in [0.1, 0.15) is 0 Å². The Hall–Kier alpha value is -1.12. The third-order valence-electron chi connectivity index (χ3n) is 2.25. The van der Waals surface area contributed by atoms with Crippen LogP contribution in [0.4, 0.5) is 0 Å². The molecule has 2 N–H and O–H groups in total. The summed E-state index contributed by atoms with van der Waals surface area (Å²) in [5, 5.41) is 1.69. The molecule has 0 radical (unpaired) electrons. The van der Waals surface area contributed by atoms with Gasteiger partial charge in [-0.25, -0.2) is 0 Å². The molecule has 2 nitrogen and oxygen atoms in total. The van der Waals surface area contributed by atoms with Crippen molar-refractivity contribution in [2.24, 2.45) is 5.73 Å². The number of halogens is 1. The van der Waals surface area contributed by atoms with Gasteiger partial charge in [-0.05, 0) is 18.6 Å². The normalized spacial score (nSPS) is 10.8. The molecule has 0 atom stereocenters. The number of benzene rings is 1. The van der Waals surface area contributed by atoms with Gasteiger partial charge in [0.2, 0.25) is 0 Å². The first-order chi connectivity index (χ1) is 6.72. The van der Waals surface area contributed by atoms with Crippen molar-refractivity contribution in [2.45, 2.75) is 13.5 Å². The summed E-state index contributed by atoms with van der Waals surface area (Å²) in [6.45, 7) is 2.46. The lowest BCUT2D eigenvalue weighted by atomic mass is 10.1. The van der Waals surface area contributed by atoms with Crippen LogP contribution < -0.4 is 5.73 Å². The largest absolute Gasteiger partial charge is 0.326 e. The fraction of sp³-hybridized carbons (Fsp3) is 0.182. The molecule has 2 aromatic rings. The fourth-order valence-corrected chi connectivity index (χ4v) is 1.74. The van der Waals surface area contributed by atoms with E-state index in [0.717, 1.165) is 21.5 Å². The second kappa shape index (κ2) is 3.56. The Balaban J connectivity index is 2.77. The van der Waals surface area contributed by atoms with Crippen LogP contribution in [0.25, 0.3) is 10.9 Å². The first kappa shape index (κ1) is 9.44. The van der Waals surface area contributed by atoms with Crippen molar-refractivity contribution >= 4 is 22.5 Å². The molecule has 0 bridgehead atoms. The lowest BCUT2D eigenvalue weighted by Gasteiger charge is -2.05. The molecule has 0 aliphatic carbocycles. The SMILES string of the molecule is Cc1ccc2c(Cl)c(CN)cnc2c1. The van der Waals surface area contributed by atoms with E-state index >= 15 is 0 Å². The van der Waals surface area contributed by atoms with Crippen molar-refractivity contribution in [3.8, 4) is 0 Å². The van der Waals surface area contributed by atoms with Crippen LogP contribution >= 0.6 is 11.6 Å². The highest BCUT2D eigenvalue weighted by Crippen LogP contribution is 2.25. The molecule has 0 amide bonds. The second-order valence-corrected chi connectivity index (χ2v) is 3.70. The van der Waals surface area contributed by atoms with Gasteiger partial charge in [0.25, 0.3) is 0 Å². The first-order valence-electron chi connectivity index (χ1n) is 4.46. The van der Waals surface area contributed by atoms with Crippen molar-refractivity contribution in [2.75, 3.05) is 0 Å². The number of aromatic nitrogens is 1. The van der Waals surface area contributed by atoms with Crippen molar-refractivity contribution in [3.05, 3.63) is 40.5 Å². The zero-order valence-electron chi connectivity index (χ0n) is 7.92. The van der Waals surface area contributed by atoms with Crippen molar-refractivity contribution in [3.63, 3.8) is 0 Å². The fourth-order valence-electron chi connectivity index (χ4n) is 1.45. The number of fused-ring (bicyclic) bond motifs is 1. The van der Waals surface area contributed by atoms with Crippen LogP contribution in [0.2, 0.25) is 5.02 Å². The molecule has 1 aromatic heterocycles. The minimum atomic E-state index is 0.426. The predicted molar refractivity (Wildman–Crippen MR) is 59.4 cm³/mol. The van der Waals surface area contributed by atoms with Crippen molar-refractivity contribution in [1.82, 2.24) is 4.98 Å². The molecule has 72 valence electrons. The Morgan fingerprint density at radius 2 is 2.21 bits per heavy atom. The van der Waals surface area contributed by atoms with Gasteiger partial charge in [-0.15, -0.1) is 0 Å². The molecular formula is C11H11ClN2. The highest BCUT2D eigenvalue weighted by atomic mass is 35.5. The molecule has 2 rings (SSSR count). The van der Waals surface area contributed by atoms with E-state index in [-0.39, 0.29) is 0 Å². The zero-order valence-corrected chi connectivity index (χ0v) is 8.67. The zero-order chi connectivity index (χ0) is 10.1. The Bertz CT molecular complexity index is 480. The molecule has 0 saturated carbocycles. The number of pyridine rings is 1. The molecule has 1 heterocycles. The molecule has 3 heteroatoms. The van der Waals surface area contributed by atoms with Gasteiger partial charge in [-0.3, -0.25) is 4.98 Å². The Kier molecular flexibility index (Phi) is 2.40. The van der Waals surface area contributed by atoms with Crippen LogP contribution in [-0.4, -0.2) is 4.98 Å². The second-order valence-electron chi connectivity index (χ2n) is 3.32. The average Bonchev–Trinajstić information content (AvgIpc) is 2.18. The molecule has 0 aliphatic rings. The van der Waals surface area contributed by atoms with Gasteiger partial charge in [0.05, 0.1) is 10.5 Å². The van der Waals surface area contributed by atoms with Crippen molar-refractivity contribution in [1.29, 1.82) is 0 Å². The molecule has 0 aliphatic heterocycles. The van der Waals surface area contributed by atoms with E-state index < -0.39 is 0 Å². The summed E-state index contributed by atoms with van der Waals surface area (Å²) in [6, 6.07) is 6.02. The maximum absolute atomic E-state index is 6.17. The van der Waals surface area contributed by atoms with Gasteiger partial charge < -0.3 is 5.73 Å².